The van der Waals surface area contributed by atoms with E-state index in [9.17, 15) is 9.59 Å². The molecule has 0 N–H and O–H groups in total. The second kappa shape index (κ2) is 7.95. The lowest BCUT2D eigenvalue weighted by atomic mass is 10.1. The molecule has 0 aliphatic carbocycles. The summed E-state index contributed by atoms with van der Waals surface area (Å²) in [4.78, 5) is 23.0. The Labute approximate surface area is 144 Å². The molecule has 0 aliphatic heterocycles. The molecule has 0 bridgehead atoms. The van der Waals surface area contributed by atoms with Crippen molar-refractivity contribution in [3.8, 4) is 5.75 Å². The van der Waals surface area contributed by atoms with Crippen LogP contribution >= 0.6 is 23.2 Å². The second-order valence-electron chi connectivity index (χ2n) is 4.89. The van der Waals surface area contributed by atoms with Crippen LogP contribution in [0.2, 0.25) is 10.0 Å². The lowest BCUT2D eigenvalue weighted by Crippen LogP contribution is -2.02. The maximum absolute atomic E-state index is 12.0. The van der Waals surface area contributed by atoms with Crippen LogP contribution in [0.15, 0.2) is 48.5 Å². The highest BCUT2D eigenvalue weighted by Gasteiger charge is 2.05. The highest BCUT2D eigenvalue weighted by atomic mass is 35.5. The van der Waals surface area contributed by atoms with Gasteiger partial charge in [-0.1, -0.05) is 47.5 Å². The second-order valence-corrected chi connectivity index (χ2v) is 5.73. The van der Waals surface area contributed by atoms with Gasteiger partial charge in [0, 0.05) is 18.4 Å². The van der Waals surface area contributed by atoms with E-state index in [-0.39, 0.29) is 18.0 Å². The minimum absolute atomic E-state index is 0.0590. The molecule has 2 rings (SSSR count). The van der Waals surface area contributed by atoms with Crippen molar-refractivity contribution in [2.75, 3.05) is 0 Å². The van der Waals surface area contributed by atoms with Gasteiger partial charge in [0.1, 0.15) is 5.75 Å². The van der Waals surface area contributed by atoms with Crippen LogP contribution in [0, 0.1) is 0 Å². The van der Waals surface area contributed by atoms with E-state index in [1.807, 2.05) is 6.07 Å². The van der Waals surface area contributed by atoms with Crippen molar-refractivity contribution >= 4 is 41.0 Å². The van der Waals surface area contributed by atoms with Gasteiger partial charge in [0.25, 0.3) is 0 Å². The summed E-state index contributed by atoms with van der Waals surface area (Å²) >= 11 is 11.8. The number of allylic oxidation sites excluding steroid dienone is 1. The van der Waals surface area contributed by atoms with Crippen LogP contribution < -0.4 is 4.74 Å². The fourth-order valence-corrected chi connectivity index (χ4v) is 2.32. The van der Waals surface area contributed by atoms with Crippen LogP contribution in [0.1, 0.15) is 18.1 Å². The average molecular weight is 349 g/mol. The van der Waals surface area contributed by atoms with E-state index in [0.29, 0.717) is 15.6 Å². The minimum atomic E-state index is -0.454. The molecule has 0 atom stereocenters. The maximum Gasteiger partial charge on any atom is 0.308 e. The highest BCUT2D eigenvalue weighted by molar-refractivity contribution is 6.32. The first-order valence-electron chi connectivity index (χ1n) is 6.87. The van der Waals surface area contributed by atoms with Crippen molar-refractivity contribution in [3.05, 3.63) is 69.7 Å². The summed E-state index contributed by atoms with van der Waals surface area (Å²) in [5, 5.41) is 0.936. The van der Waals surface area contributed by atoms with Gasteiger partial charge < -0.3 is 4.74 Å². The standard InChI is InChI=1S/C18H14Cl2O3/c1-12(21)23-18-11-13(6-8-17(18)20)5-7-16(22)10-14-3-2-4-15(19)9-14/h2-9,11H,10H2,1H3/b7-5+. The third-order valence-electron chi connectivity index (χ3n) is 2.94. The molecular weight excluding hydrogens is 335 g/mol. The van der Waals surface area contributed by atoms with Crippen LogP contribution in [-0.4, -0.2) is 11.8 Å². The Morgan fingerprint density at radius 3 is 2.61 bits per heavy atom. The van der Waals surface area contributed by atoms with E-state index in [1.165, 1.54) is 13.0 Å². The van der Waals surface area contributed by atoms with Gasteiger partial charge in [-0.3, -0.25) is 9.59 Å². The molecule has 0 saturated heterocycles. The fourth-order valence-electron chi connectivity index (χ4n) is 1.95. The Morgan fingerprint density at radius 2 is 1.91 bits per heavy atom. The summed E-state index contributed by atoms with van der Waals surface area (Å²) in [5.41, 5.74) is 1.56. The third kappa shape index (κ3) is 5.55. The number of halogens is 2. The first kappa shape index (κ1) is 17.3. The number of ketones is 1. The number of hydrogen-bond acceptors (Lipinski definition) is 3. The summed E-state index contributed by atoms with van der Waals surface area (Å²) in [6, 6.07) is 12.1. The van der Waals surface area contributed by atoms with Gasteiger partial charge in [0.15, 0.2) is 5.78 Å². The van der Waals surface area contributed by atoms with E-state index in [1.54, 1.807) is 42.5 Å². The largest absolute Gasteiger partial charge is 0.425 e. The molecule has 0 aromatic heterocycles. The SMILES string of the molecule is CC(=O)Oc1cc(/C=C/C(=O)Cc2cccc(Cl)c2)ccc1Cl. The molecule has 0 spiro atoms. The van der Waals surface area contributed by atoms with Crippen LogP contribution in [-0.2, 0) is 16.0 Å². The molecule has 2 aromatic carbocycles. The van der Waals surface area contributed by atoms with Crippen LogP contribution in [0.3, 0.4) is 0 Å². The molecule has 0 heterocycles. The third-order valence-corrected chi connectivity index (χ3v) is 3.49. The summed E-state index contributed by atoms with van der Waals surface area (Å²) in [7, 11) is 0. The molecule has 2 aromatic rings. The lowest BCUT2D eigenvalue weighted by Gasteiger charge is -2.04. The van der Waals surface area contributed by atoms with Gasteiger partial charge >= 0.3 is 5.97 Å². The maximum atomic E-state index is 12.0. The van der Waals surface area contributed by atoms with E-state index in [4.69, 9.17) is 27.9 Å². The molecule has 5 heteroatoms. The Bertz CT molecular complexity index is 767. The molecule has 0 saturated carbocycles. The van der Waals surface area contributed by atoms with E-state index >= 15 is 0 Å². The minimum Gasteiger partial charge on any atom is -0.425 e. The van der Waals surface area contributed by atoms with Crippen molar-refractivity contribution in [3.63, 3.8) is 0 Å². The van der Waals surface area contributed by atoms with Gasteiger partial charge in [-0.05, 0) is 41.5 Å². The number of carbonyl (C=O) groups excluding carboxylic acids is 2. The molecule has 0 aliphatic rings. The molecule has 0 radical (unpaired) electrons. The number of benzene rings is 2. The van der Waals surface area contributed by atoms with Gasteiger partial charge in [0.2, 0.25) is 0 Å². The topological polar surface area (TPSA) is 43.4 Å². The molecule has 3 nitrogen and oxygen atoms in total. The first-order chi connectivity index (χ1) is 10.9. The molecule has 0 amide bonds. The van der Waals surface area contributed by atoms with Crippen molar-refractivity contribution in [2.24, 2.45) is 0 Å². The lowest BCUT2D eigenvalue weighted by molar-refractivity contribution is -0.131. The number of esters is 1. The molecule has 0 fully saturated rings. The average Bonchev–Trinajstić information content (AvgIpc) is 2.47. The number of carbonyl (C=O) groups is 2. The summed E-state index contributed by atoms with van der Waals surface area (Å²) in [6.07, 6.45) is 3.39. The van der Waals surface area contributed by atoms with Gasteiger partial charge in [-0.15, -0.1) is 0 Å². The fraction of sp³-hybridized carbons (Fsp3) is 0.111. The Morgan fingerprint density at radius 1 is 1.13 bits per heavy atom. The molecule has 0 unspecified atom stereocenters. The molecule has 118 valence electrons. The Kier molecular flexibility index (Phi) is 5.97. The van der Waals surface area contributed by atoms with Gasteiger partial charge in [0.05, 0.1) is 5.02 Å². The number of rotatable bonds is 5. The normalized spacial score (nSPS) is 10.7. The predicted octanol–water partition coefficient (Wildman–Crippen LogP) is 4.74. The smallest absolute Gasteiger partial charge is 0.308 e. The summed E-state index contributed by atoms with van der Waals surface area (Å²) < 4.78 is 5.00. The van der Waals surface area contributed by atoms with Gasteiger partial charge in [-0.25, -0.2) is 0 Å². The van der Waals surface area contributed by atoms with Crippen LogP contribution in [0.25, 0.3) is 6.08 Å². The van der Waals surface area contributed by atoms with Crippen LogP contribution in [0.4, 0.5) is 0 Å². The Hall–Kier alpha value is -2.10. The zero-order chi connectivity index (χ0) is 16.8. The van der Waals surface area contributed by atoms with Crippen LogP contribution in [0.5, 0.6) is 5.75 Å². The van der Waals surface area contributed by atoms with E-state index < -0.39 is 5.97 Å². The number of hydrogen-bond donors (Lipinski definition) is 0. The van der Waals surface area contributed by atoms with Crippen molar-refractivity contribution in [1.29, 1.82) is 0 Å². The highest BCUT2D eigenvalue weighted by Crippen LogP contribution is 2.26. The number of ether oxygens (including phenoxy) is 1. The van der Waals surface area contributed by atoms with E-state index in [2.05, 4.69) is 0 Å². The summed E-state index contributed by atoms with van der Waals surface area (Å²) in [6.45, 7) is 1.30. The summed E-state index contributed by atoms with van der Waals surface area (Å²) in [5.74, 6) is -0.245. The molecule has 23 heavy (non-hydrogen) atoms. The van der Waals surface area contributed by atoms with Gasteiger partial charge in [-0.2, -0.15) is 0 Å². The first-order valence-corrected chi connectivity index (χ1v) is 7.63. The van der Waals surface area contributed by atoms with E-state index in [0.717, 1.165) is 5.56 Å². The quantitative estimate of drug-likeness (QED) is 0.445. The predicted molar refractivity (Wildman–Crippen MR) is 92.0 cm³/mol. The van der Waals surface area contributed by atoms with Crippen molar-refractivity contribution in [2.45, 2.75) is 13.3 Å². The Balaban J connectivity index is 2.07. The zero-order valence-electron chi connectivity index (χ0n) is 12.4. The van der Waals surface area contributed by atoms with Crippen molar-refractivity contribution in [1.82, 2.24) is 0 Å². The molecular formula is C18H14Cl2O3. The van der Waals surface area contributed by atoms with Crippen molar-refractivity contribution < 1.29 is 14.3 Å². The zero-order valence-corrected chi connectivity index (χ0v) is 13.9. The monoisotopic (exact) mass is 348 g/mol.